The molecule has 162 valence electrons. The summed E-state index contributed by atoms with van der Waals surface area (Å²) >= 11 is 3.40. The predicted octanol–water partition coefficient (Wildman–Crippen LogP) is 6.33. The number of hydrogen-bond donors (Lipinski definition) is 0. The Morgan fingerprint density at radius 3 is 2.17 bits per heavy atom. The Balaban J connectivity index is 1.93. The van der Waals surface area contributed by atoms with Crippen LogP contribution in [0.25, 0.3) is 0 Å². The summed E-state index contributed by atoms with van der Waals surface area (Å²) in [7, 11) is 1.56. The third-order valence-electron chi connectivity index (χ3n) is 4.70. The lowest BCUT2D eigenvalue weighted by Gasteiger charge is -2.12. The first-order valence-electron chi connectivity index (χ1n) is 10.3. The fourth-order valence-electron chi connectivity index (χ4n) is 3.05. The van der Waals surface area contributed by atoms with Crippen molar-refractivity contribution in [3.63, 3.8) is 0 Å². The summed E-state index contributed by atoms with van der Waals surface area (Å²) in [5, 5.41) is 0. The number of unbranched alkanes of at least 4 members (excludes halogenated alkanes) is 5. The molecule has 0 spiro atoms. The van der Waals surface area contributed by atoms with Crippen molar-refractivity contribution in [1.82, 2.24) is 0 Å². The molecule has 6 heteroatoms. The van der Waals surface area contributed by atoms with Crippen LogP contribution in [0.1, 0.15) is 71.7 Å². The lowest BCUT2D eigenvalue weighted by atomic mass is 10.1. The number of carbonyl (C=O) groups is 2. The second-order valence-electron chi connectivity index (χ2n) is 6.98. The Labute approximate surface area is 186 Å². The summed E-state index contributed by atoms with van der Waals surface area (Å²) in [5.74, 6) is -0.460. The van der Waals surface area contributed by atoms with E-state index in [0.29, 0.717) is 12.4 Å². The normalized spacial score (nSPS) is 10.5. The lowest BCUT2D eigenvalue weighted by Crippen LogP contribution is -2.14. The van der Waals surface area contributed by atoms with Gasteiger partial charge < -0.3 is 14.2 Å². The molecule has 0 N–H and O–H groups in total. The fourth-order valence-corrected chi connectivity index (χ4v) is 3.45. The van der Waals surface area contributed by atoms with E-state index in [9.17, 15) is 9.59 Å². The molecule has 0 amide bonds. The molecule has 0 aliphatic carbocycles. The molecule has 0 saturated heterocycles. The van der Waals surface area contributed by atoms with E-state index in [4.69, 9.17) is 14.2 Å². The Kier molecular flexibility index (Phi) is 10.4. The SMILES string of the molecule is CCCCCCCCOC(=O)c1ccccc1C(=O)OCc1cc(Br)ccc1OC. The highest BCUT2D eigenvalue weighted by Gasteiger charge is 2.19. The van der Waals surface area contributed by atoms with E-state index in [1.165, 1.54) is 19.3 Å². The van der Waals surface area contributed by atoms with Crippen molar-refractivity contribution in [1.29, 1.82) is 0 Å². The van der Waals surface area contributed by atoms with Gasteiger partial charge in [-0.1, -0.05) is 67.1 Å². The smallest absolute Gasteiger partial charge is 0.339 e. The highest BCUT2D eigenvalue weighted by atomic mass is 79.9. The standard InChI is InChI=1S/C24H29BrO5/c1-3-4-5-6-7-10-15-29-23(26)20-11-8-9-12-21(20)24(27)30-17-18-16-19(25)13-14-22(18)28-2/h8-9,11-14,16H,3-7,10,15,17H2,1-2H3. The van der Waals surface area contributed by atoms with E-state index in [1.807, 2.05) is 12.1 Å². The molecule has 2 aromatic rings. The molecule has 0 radical (unpaired) electrons. The van der Waals surface area contributed by atoms with Crippen LogP contribution < -0.4 is 4.74 Å². The number of hydrogen-bond acceptors (Lipinski definition) is 5. The van der Waals surface area contributed by atoms with Crippen LogP contribution in [0.5, 0.6) is 5.75 Å². The van der Waals surface area contributed by atoms with E-state index >= 15 is 0 Å². The van der Waals surface area contributed by atoms with Gasteiger partial charge in [0.05, 0.1) is 24.8 Å². The fraction of sp³-hybridized carbons (Fsp3) is 0.417. The van der Waals surface area contributed by atoms with Gasteiger partial charge >= 0.3 is 11.9 Å². The number of halogens is 1. The number of carbonyl (C=O) groups excluding carboxylic acids is 2. The molecule has 0 aliphatic rings. The molecule has 0 aliphatic heterocycles. The van der Waals surface area contributed by atoms with Crippen LogP contribution in [0.15, 0.2) is 46.9 Å². The van der Waals surface area contributed by atoms with Gasteiger partial charge in [0.2, 0.25) is 0 Å². The topological polar surface area (TPSA) is 61.8 Å². The zero-order valence-electron chi connectivity index (χ0n) is 17.6. The Bertz CT molecular complexity index is 834. The lowest BCUT2D eigenvalue weighted by molar-refractivity contribution is 0.0434. The summed E-state index contributed by atoms with van der Waals surface area (Å²) < 4.78 is 17.0. The molecule has 5 nitrogen and oxygen atoms in total. The third kappa shape index (κ3) is 7.48. The molecule has 0 aromatic heterocycles. The first kappa shape index (κ1) is 23.9. The van der Waals surface area contributed by atoms with Crippen LogP contribution >= 0.6 is 15.9 Å². The molecule has 0 heterocycles. The van der Waals surface area contributed by atoms with Crippen molar-refractivity contribution in [2.45, 2.75) is 52.1 Å². The predicted molar refractivity (Wildman–Crippen MR) is 120 cm³/mol. The maximum atomic E-state index is 12.6. The monoisotopic (exact) mass is 476 g/mol. The van der Waals surface area contributed by atoms with Crippen LogP contribution in [0, 0.1) is 0 Å². The van der Waals surface area contributed by atoms with E-state index < -0.39 is 11.9 Å². The molecular formula is C24H29BrO5. The molecule has 0 bridgehead atoms. The van der Waals surface area contributed by atoms with Gasteiger partial charge in [0.15, 0.2) is 0 Å². The van der Waals surface area contributed by atoms with Gasteiger partial charge in [0, 0.05) is 10.0 Å². The molecule has 0 atom stereocenters. The molecular weight excluding hydrogens is 448 g/mol. The molecule has 2 rings (SSSR count). The van der Waals surface area contributed by atoms with Gasteiger partial charge in [-0.25, -0.2) is 9.59 Å². The number of esters is 2. The highest BCUT2D eigenvalue weighted by molar-refractivity contribution is 9.10. The molecule has 30 heavy (non-hydrogen) atoms. The summed E-state index contributed by atoms with van der Waals surface area (Å²) in [6.45, 7) is 2.56. The quantitative estimate of drug-likeness (QED) is 0.264. The van der Waals surface area contributed by atoms with E-state index in [2.05, 4.69) is 22.9 Å². The zero-order chi connectivity index (χ0) is 21.8. The first-order valence-corrected chi connectivity index (χ1v) is 11.1. The molecule has 2 aromatic carbocycles. The first-order chi connectivity index (χ1) is 14.6. The minimum atomic E-state index is -0.579. The Hall–Kier alpha value is -2.34. The van der Waals surface area contributed by atoms with Gasteiger partial charge in [-0.05, 0) is 36.8 Å². The van der Waals surface area contributed by atoms with Crippen molar-refractivity contribution < 1.29 is 23.8 Å². The summed E-state index contributed by atoms with van der Waals surface area (Å²) in [5.41, 5.74) is 1.14. The van der Waals surface area contributed by atoms with E-state index in [0.717, 1.165) is 29.3 Å². The van der Waals surface area contributed by atoms with Crippen LogP contribution in [0.3, 0.4) is 0 Å². The second kappa shape index (κ2) is 13.1. The average molecular weight is 477 g/mol. The second-order valence-corrected chi connectivity index (χ2v) is 7.90. The van der Waals surface area contributed by atoms with Gasteiger partial charge in [-0.15, -0.1) is 0 Å². The van der Waals surface area contributed by atoms with Crippen LogP contribution in [-0.4, -0.2) is 25.7 Å². The maximum absolute atomic E-state index is 12.6. The number of rotatable bonds is 12. The Morgan fingerprint density at radius 1 is 0.867 bits per heavy atom. The third-order valence-corrected chi connectivity index (χ3v) is 5.19. The summed E-state index contributed by atoms with van der Waals surface area (Å²) in [6, 6.07) is 12.0. The van der Waals surface area contributed by atoms with Crippen LogP contribution in [0.2, 0.25) is 0 Å². The van der Waals surface area contributed by atoms with Gasteiger partial charge in [-0.3, -0.25) is 0 Å². The van der Waals surface area contributed by atoms with Crippen molar-refractivity contribution >= 4 is 27.9 Å². The van der Waals surface area contributed by atoms with Crippen LogP contribution in [0.4, 0.5) is 0 Å². The van der Waals surface area contributed by atoms with E-state index in [-0.39, 0.29) is 17.7 Å². The van der Waals surface area contributed by atoms with Crippen molar-refractivity contribution in [2.75, 3.05) is 13.7 Å². The zero-order valence-corrected chi connectivity index (χ0v) is 19.2. The van der Waals surface area contributed by atoms with Gasteiger partial charge in [-0.2, -0.15) is 0 Å². The van der Waals surface area contributed by atoms with Crippen molar-refractivity contribution in [3.05, 3.63) is 63.6 Å². The van der Waals surface area contributed by atoms with E-state index in [1.54, 1.807) is 37.4 Å². The highest BCUT2D eigenvalue weighted by Crippen LogP contribution is 2.24. The Morgan fingerprint density at radius 2 is 1.50 bits per heavy atom. The summed E-state index contributed by atoms with van der Waals surface area (Å²) in [6.07, 6.45) is 6.66. The number of methoxy groups -OCH3 is 1. The summed E-state index contributed by atoms with van der Waals surface area (Å²) in [4.78, 5) is 25.1. The largest absolute Gasteiger partial charge is 0.496 e. The average Bonchev–Trinajstić information content (AvgIpc) is 2.76. The molecule has 0 fully saturated rings. The van der Waals surface area contributed by atoms with Crippen molar-refractivity contribution in [2.24, 2.45) is 0 Å². The maximum Gasteiger partial charge on any atom is 0.339 e. The number of benzene rings is 2. The number of ether oxygens (including phenoxy) is 3. The molecule has 0 unspecified atom stereocenters. The van der Waals surface area contributed by atoms with Crippen molar-refractivity contribution in [3.8, 4) is 5.75 Å². The van der Waals surface area contributed by atoms with Crippen LogP contribution in [-0.2, 0) is 16.1 Å². The minimum Gasteiger partial charge on any atom is -0.496 e. The minimum absolute atomic E-state index is 0.0303. The molecule has 0 saturated carbocycles. The van der Waals surface area contributed by atoms with Gasteiger partial charge in [0.1, 0.15) is 12.4 Å². The van der Waals surface area contributed by atoms with Gasteiger partial charge in [0.25, 0.3) is 0 Å².